The monoisotopic (exact) mass is 331 g/mol. The van der Waals surface area contributed by atoms with E-state index in [-0.39, 0.29) is 17.2 Å². The normalized spacial score (nSPS) is 17.0. The summed E-state index contributed by atoms with van der Waals surface area (Å²) < 4.78 is 37.6. The molecule has 0 amide bonds. The smallest absolute Gasteiger partial charge is 0.191 e. The molecule has 2 N–H and O–H groups in total. The Bertz CT molecular complexity index is 614. The number of nitrogens with two attached hydrogens (primary N) is 1. The summed E-state index contributed by atoms with van der Waals surface area (Å²) in [5, 5.41) is 0. The fraction of sp³-hybridized carbons (Fsp3) is 0.462. The lowest BCUT2D eigenvalue weighted by atomic mass is 10.3. The molecule has 2 rings (SSSR count). The van der Waals surface area contributed by atoms with E-state index >= 15 is 0 Å². The number of aliphatic imine (C=N–C) groups is 1. The van der Waals surface area contributed by atoms with Crippen LogP contribution in [0.25, 0.3) is 0 Å². The highest BCUT2D eigenvalue weighted by atomic mass is 32.2. The van der Waals surface area contributed by atoms with Gasteiger partial charge in [0.15, 0.2) is 15.8 Å². The van der Waals surface area contributed by atoms with E-state index in [0.717, 1.165) is 30.7 Å². The van der Waals surface area contributed by atoms with Gasteiger partial charge in [-0.15, -0.1) is 0 Å². The van der Waals surface area contributed by atoms with E-state index in [1.807, 2.05) is 16.7 Å². The summed E-state index contributed by atoms with van der Waals surface area (Å²) >= 11 is 1.85. The third kappa shape index (κ3) is 4.34. The maximum Gasteiger partial charge on any atom is 0.191 e. The lowest BCUT2D eigenvalue weighted by molar-refractivity contribution is 0.456. The molecule has 5 nitrogen and oxygen atoms in total. The van der Waals surface area contributed by atoms with Crippen LogP contribution in [0.15, 0.2) is 34.2 Å². The summed E-state index contributed by atoms with van der Waals surface area (Å²) in [6.07, 6.45) is 0. The first-order chi connectivity index (χ1) is 10.0. The molecule has 1 aliphatic heterocycles. The lowest BCUT2D eigenvalue weighted by Crippen LogP contribution is -2.42. The van der Waals surface area contributed by atoms with Crippen LogP contribution in [0.2, 0.25) is 0 Å². The minimum absolute atomic E-state index is 0.0339. The average molecular weight is 331 g/mol. The molecule has 1 fully saturated rings. The van der Waals surface area contributed by atoms with Crippen LogP contribution < -0.4 is 5.73 Å². The van der Waals surface area contributed by atoms with Crippen LogP contribution in [0.4, 0.5) is 4.39 Å². The van der Waals surface area contributed by atoms with Crippen molar-refractivity contribution in [3.63, 3.8) is 0 Å². The molecular formula is C13H18FN3O2S2. The van der Waals surface area contributed by atoms with E-state index in [4.69, 9.17) is 5.73 Å². The molecule has 0 aliphatic carbocycles. The second-order valence-corrected chi connectivity index (χ2v) is 7.89. The Hall–Kier alpha value is -1.28. The van der Waals surface area contributed by atoms with Gasteiger partial charge in [0.2, 0.25) is 0 Å². The van der Waals surface area contributed by atoms with E-state index in [2.05, 4.69) is 4.99 Å². The molecule has 1 aromatic rings. The number of sulfone groups is 1. The van der Waals surface area contributed by atoms with Gasteiger partial charge in [-0.3, -0.25) is 4.99 Å². The molecule has 0 atom stereocenters. The zero-order valence-electron chi connectivity index (χ0n) is 11.5. The number of nitrogens with zero attached hydrogens (tertiary/aromatic N) is 2. The van der Waals surface area contributed by atoms with Crippen LogP contribution in [0, 0.1) is 5.82 Å². The van der Waals surface area contributed by atoms with E-state index in [1.165, 1.54) is 18.2 Å². The summed E-state index contributed by atoms with van der Waals surface area (Å²) in [5.41, 5.74) is 5.84. The minimum atomic E-state index is -3.68. The van der Waals surface area contributed by atoms with Crippen molar-refractivity contribution >= 4 is 27.6 Å². The molecule has 0 aromatic heterocycles. The largest absolute Gasteiger partial charge is 0.370 e. The molecule has 0 radical (unpaired) electrons. The quantitative estimate of drug-likeness (QED) is 0.657. The number of hydrogen-bond acceptors (Lipinski definition) is 4. The van der Waals surface area contributed by atoms with E-state index < -0.39 is 15.7 Å². The SMILES string of the molecule is NC(=NCCS(=O)(=O)c1ccccc1F)N1CCSCC1. The highest BCUT2D eigenvalue weighted by Gasteiger charge is 2.18. The molecule has 1 aliphatic rings. The molecule has 0 saturated carbocycles. The molecule has 21 heavy (non-hydrogen) atoms. The first-order valence-corrected chi connectivity index (χ1v) is 9.41. The molecule has 0 spiro atoms. The Labute approximate surface area is 128 Å². The molecule has 0 bridgehead atoms. The first kappa shape index (κ1) is 16.1. The Balaban J connectivity index is 1.97. The maximum atomic E-state index is 13.5. The zero-order valence-corrected chi connectivity index (χ0v) is 13.2. The van der Waals surface area contributed by atoms with Gasteiger partial charge in [-0.25, -0.2) is 12.8 Å². The summed E-state index contributed by atoms with van der Waals surface area (Å²) in [7, 11) is -3.68. The van der Waals surface area contributed by atoms with Crippen molar-refractivity contribution in [1.82, 2.24) is 4.90 Å². The van der Waals surface area contributed by atoms with Gasteiger partial charge in [0, 0.05) is 24.6 Å². The number of hydrogen-bond donors (Lipinski definition) is 1. The van der Waals surface area contributed by atoms with Crippen LogP contribution in [0.1, 0.15) is 0 Å². The van der Waals surface area contributed by atoms with Gasteiger partial charge >= 0.3 is 0 Å². The Morgan fingerprint density at radius 2 is 2.00 bits per heavy atom. The van der Waals surface area contributed by atoms with Crippen molar-refractivity contribution in [2.24, 2.45) is 10.7 Å². The second kappa shape index (κ2) is 7.13. The van der Waals surface area contributed by atoms with Crippen molar-refractivity contribution in [3.8, 4) is 0 Å². The Morgan fingerprint density at radius 1 is 1.33 bits per heavy atom. The molecule has 0 unspecified atom stereocenters. The third-order valence-corrected chi connectivity index (χ3v) is 5.80. The van der Waals surface area contributed by atoms with Crippen molar-refractivity contribution in [2.75, 3.05) is 36.9 Å². The van der Waals surface area contributed by atoms with Crippen LogP contribution in [-0.2, 0) is 9.84 Å². The Kier molecular flexibility index (Phi) is 5.46. The van der Waals surface area contributed by atoms with Gasteiger partial charge in [-0.05, 0) is 12.1 Å². The zero-order chi connectivity index (χ0) is 15.3. The maximum absolute atomic E-state index is 13.5. The van der Waals surface area contributed by atoms with Crippen LogP contribution in [-0.4, -0.2) is 56.2 Å². The van der Waals surface area contributed by atoms with Gasteiger partial charge in [-0.1, -0.05) is 12.1 Å². The predicted molar refractivity (Wildman–Crippen MR) is 83.8 cm³/mol. The number of rotatable bonds is 4. The summed E-state index contributed by atoms with van der Waals surface area (Å²) in [6.45, 7) is 1.67. The topological polar surface area (TPSA) is 75.8 Å². The lowest BCUT2D eigenvalue weighted by Gasteiger charge is -2.27. The minimum Gasteiger partial charge on any atom is -0.370 e. The molecule has 8 heteroatoms. The molecular weight excluding hydrogens is 313 g/mol. The van der Waals surface area contributed by atoms with Gasteiger partial charge in [0.1, 0.15) is 10.7 Å². The van der Waals surface area contributed by atoms with Crippen molar-refractivity contribution in [2.45, 2.75) is 4.90 Å². The summed E-state index contributed by atoms with van der Waals surface area (Å²) in [6, 6.07) is 5.35. The number of benzene rings is 1. The van der Waals surface area contributed by atoms with Crippen molar-refractivity contribution < 1.29 is 12.8 Å². The van der Waals surface area contributed by atoms with Gasteiger partial charge < -0.3 is 10.6 Å². The Morgan fingerprint density at radius 3 is 2.67 bits per heavy atom. The van der Waals surface area contributed by atoms with E-state index in [0.29, 0.717) is 5.96 Å². The van der Waals surface area contributed by atoms with Crippen molar-refractivity contribution in [1.29, 1.82) is 0 Å². The van der Waals surface area contributed by atoms with Gasteiger partial charge in [-0.2, -0.15) is 11.8 Å². The fourth-order valence-electron chi connectivity index (χ4n) is 1.98. The standard InChI is InChI=1S/C13H18FN3O2S2/c14-11-3-1-2-4-12(11)21(18,19)10-5-16-13(15)17-6-8-20-9-7-17/h1-4H,5-10H2,(H2,15,16). The highest BCUT2D eigenvalue weighted by molar-refractivity contribution is 7.99. The van der Waals surface area contributed by atoms with Crippen LogP contribution >= 0.6 is 11.8 Å². The van der Waals surface area contributed by atoms with E-state index in [1.54, 1.807) is 0 Å². The molecule has 1 heterocycles. The predicted octanol–water partition coefficient (Wildman–Crippen LogP) is 0.963. The fourth-order valence-corrected chi connectivity index (χ4v) is 4.09. The number of thioether (sulfide) groups is 1. The van der Waals surface area contributed by atoms with Crippen LogP contribution in [0.3, 0.4) is 0 Å². The molecule has 1 saturated heterocycles. The van der Waals surface area contributed by atoms with Crippen LogP contribution in [0.5, 0.6) is 0 Å². The molecule has 116 valence electrons. The number of halogens is 1. The van der Waals surface area contributed by atoms with Crippen molar-refractivity contribution in [3.05, 3.63) is 30.1 Å². The molecule has 1 aromatic carbocycles. The average Bonchev–Trinajstić information content (AvgIpc) is 2.48. The highest BCUT2D eigenvalue weighted by Crippen LogP contribution is 2.15. The van der Waals surface area contributed by atoms with Gasteiger partial charge in [0.25, 0.3) is 0 Å². The first-order valence-electron chi connectivity index (χ1n) is 6.60. The second-order valence-electron chi connectivity index (χ2n) is 4.59. The third-order valence-electron chi connectivity index (χ3n) is 3.14. The van der Waals surface area contributed by atoms with Gasteiger partial charge in [0.05, 0.1) is 12.3 Å². The number of guanidine groups is 1. The van der Waals surface area contributed by atoms with E-state index in [9.17, 15) is 12.8 Å². The summed E-state index contributed by atoms with van der Waals surface area (Å²) in [4.78, 5) is 5.75. The summed E-state index contributed by atoms with van der Waals surface area (Å²) in [5.74, 6) is 1.35.